The summed E-state index contributed by atoms with van der Waals surface area (Å²) in [5.41, 5.74) is 2.52. The number of fused-ring (bicyclic) bond motifs is 1. The first-order valence-electron chi connectivity index (χ1n) is 8.68. The van der Waals surface area contributed by atoms with Crippen molar-refractivity contribution in [3.8, 4) is 11.5 Å². The molecule has 2 aliphatic rings. The minimum absolute atomic E-state index is 0.115. The van der Waals surface area contributed by atoms with Gasteiger partial charge in [0.1, 0.15) is 13.2 Å². The third kappa shape index (κ3) is 3.49. The van der Waals surface area contributed by atoms with Crippen molar-refractivity contribution in [2.24, 2.45) is 11.8 Å². The fourth-order valence-electron chi connectivity index (χ4n) is 3.00. The second kappa shape index (κ2) is 6.71. The standard InChI is InChI=1S/C20H20N2O4/c1-12-2-4-13(5-3-12)21-19(23)15-11-16(15)20(24)22-14-6-7-17-18(10-14)26-9-8-25-17/h2-7,10,15-16H,8-9,11H2,1H3,(H,21,23)(H,22,24). The highest BCUT2D eigenvalue weighted by atomic mass is 16.6. The number of aryl methyl sites for hydroxylation is 1. The zero-order chi connectivity index (χ0) is 18.1. The minimum atomic E-state index is -0.298. The molecule has 1 saturated carbocycles. The Morgan fingerprint density at radius 1 is 0.846 bits per heavy atom. The lowest BCUT2D eigenvalue weighted by atomic mass is 10.2. The highest BCUT2D eigenvalue weighted by Gasteiger charge is 2.48. The van der Waals surface area contributed by atoms with Gasteiger partial charge in [0.25, 0.3) is 0 Å². The summed E-state index contributed by atoms with van der Waals surface area (Å²) in [5, 5.41) is 5.72. The van der Waals surface area contributed by atoms with Gasteiger partial charge >= 0.3 is 0 Å². The van der Waals surface area contributed by atoms with Crippen LogP contribution in [0.25, 0.3) is 0 Å². The summed E-state index contributed by atoms with van der Waals surface area (Å²) in [4.78, 5) is 24.7. The number of rotatable bonds is 4. The van der Waals surface area contributed by atoms with Crippen molar-refractivity contribution in [1.29, 1.82) is 0 Å². The van der Waals surface area contributed by atoms with Crippen LogP contribution in [-0.2, 0) is 9.59 Å². The Kier molecular flexibility index (Phi) is 4.24. The second-order valence-electron chi connectivity index (χ2n) is 6.65. The van der Waals surface area contributed by atoms with Crippen LogP contribution in [0, 0.1) is 18.8 Å². The van der Waals surface area contributed by atoms with E-state index in [1.165, 1.54) is 0 Å². The predicted molar refractivity (Wildman–Crippen MR) is 97.5 cm³/mol. The van der Waals surface area contributed by atoms with Crippen molar-refractivity contribution in [3.05, 3.63) is 48.0 Å². The Morgan fingerprint density at radius 2 is 1.42 bits per heavy atom. The monoisotopic (exact) mass is 352 g/mol. The van der Waals surface area contributed by atoms with Crippen molar-refractivity contribution in [2.45, 2.75) is 13.3 Å². The molecule has 1 heterocycles. The van der Waals surface area contributed by atoms with Crippen LogP contribution in [0.1, 0.15) is 12.0 Å². The van der Waals surface area contributed by atoms with Crippen LogP contribution in [0.15, 0.2) is 42.5 Å². The molecule has 4 rings (SSSR count). The molecule has 1 aliphatic heterocycles. The van der Waals surface area contributed by atoms with Gasteiger partial charge in [0.2, 0.25) is 11.8 Å². The third-order valence-corrected chi connectivity index (χ3v) is 4.59. The van der Waals surface area contributed by atoms with Crippen LogP contribution in [0.3, 0.4) is 0 Å². The van der Waals surface area contributed by atoms with Gasteiger partial charge in [-0.1, -0.05) is 17.7 Å². The largest absolute Gasteiger partial charge is 0.486 e. The Labute approximate surface area is 151 Å². The van der Waals surface area contributed by atoms with Crippen molar-refractivity contribution in [2.75, 3.05) is 23.8 Å². The summed E-state index contributed by atoms with van der Waals surface area (Å²) in [7, 11) is 0. The zero-order valence-corrected chi connectivity index (χ0v) is 14.5. The minimum Gasteiger partial charge on any atom is -0.486 e. The van der Waals surface area contributed by atoms with Crippen molar-refractivity contribution in [3.63, 3.8) is 0 Å². The van der Waals surface area contributed by atoms with Gasteiger partial charge in [-0.15, -0.1) is 0 Å². The van der Waals surface area contributed by atoms with E-state index >= 15 is 0 Å². The fourth-order valence-corrected chi connectivity index (χ4v) is 3.00. The normalized spacial score (nSPS) is 20.2. The Balaban J connectivity index is 1.33. The summed E-state index contributed by atoms with van der Waals surface area (Å²) in [5.74, 6) is 0.457. The molecule has 2 atom stereocenters. The van der Waals surface area contributed by atoms with Gasteiger partial charge in [-0.05, 0) is 37.6 Å². The van der Waals surface area contributed by atoms with Crippen LogP contribution >= 0.6 is 0 Å². The number of ether oxygens (including phenoxy) is 2. The number of hydrogen-bond acceptors (Lipinski definition) is 4. The summed E-state index contributed by atoms with van der Waals surface area (Å²) in [6.07, 6.45) is 0.564. The molecule has 1 fully saturated rings. The SMILES string of the molecule is Cc1ccc(NC(=O)C2CC2C(=O)Nc2ccc3c(c2)OCCO3)cc1. The Hall–Kier alpha value is -3.02. The number of anilines is 2. The van der Waals surface area contributed by atoms with Gasteiger partial charge in [0.15, 0.2) is 11.5 Å². The number of benzene rings is 2. The molecule has 2 N–H and O–H groups in total. The van der Waals surface area contributed by atoms with E-state index in [4.69, 9.17) is 9.47 Å². The average Bonchev–Trinajstić information content (AvgIpc) is 3.45. The number of hydrogen-bond donors (Lipinski definition) is 2. The first-order valence-corrected chi connectivity index (χ1v) is 8.68. The topological polar surface area (TPSA) is 76.7 Å². The lowest BCUT2D eigenvalue weighted by molar-refractivity contribution is -0.122. The molecule has 2 aromatic rings. The molecular weight excluding hydrogens is 332 g/mol. The number of amides is 2. The van der Waals surface area contributed by atoms with Crippen molar-refractivity contribution < 1.29 is 19.1 Å². The molecule has 6 heteroatoms. The molecule has 2 aromatic carbocycles. The molecule has 26 heavy (non-hydrogen) atoms. The molecule has 0 bridgehead atoms. The van der Waals surface area contributed by atoms with Crippen LogP contribution in [0.5, 0.6) is 11.5 Å². The van der Waals surface area contributed by atoms with Crippen LogP contribution in [0.4, 0.5) is 11.4 Å². The van der Waals surface area contributed by atoms with E-state index in [0.717, 1.165) is 11.3 Å². The van der Waals surface area contributed by atoms with Gasteiger partial charge in [0.05, 0.1) is 11.8 Å². The fraction of sp³-hybridized carbons (Fsp3) is 0.300. The zero-order valence-electron chi connectivity index (χ0n) is 14.5. The van der Waals surface area contributed by atoms with E-state index < -0.39 is 0 Å². The maximum Gasteiger partial charge on any atom is 0.228 e. The van der Waals surface area contributed by atoms with Crippen molar-refractivity contribution >= 4 is 23.2 Å². The molecule has 2 amide bonds. The lowest BCUT2D eigenvalue weighted by Gasteiger charge is -2.19. The van der Waals surface area contributed by atoms with E-state index in [0.29, 0.717) is 36.8 Å². The average molecular weight is 352 g/mol. The number of nitrogens with one attached hydrogen (secondary N) is 2. The third-order valence-electron chi connectivity index (χ3n) is 4.59. The maximum atomic E-state index is 12.4. The van der Waals surface area contributed by atoms with Gasteiger partial charge in [-0.2, -0.15) is 0 Å². The molecule has 0 radical (unpaired) electrons. The molecule has 2 unspecified atom stereocenters. The smallest absolute Gasteiger partial charge is 0.228 e. The Morgan fingerprint density at radius 3 is 2.12 bits per heavy atom. The van der Waals surface area contributed by atoms with Gasteiger partial charge < -0.3 is 20.1 Å². The van der Waals surface area contributed by atoms with Crippen LogP contribution < -0.4 is 20.1 Å². The summed E-state index contributed by atoms with van der Waals surface area (Å²) < 4.78 is 11.0. The molecule has 1 aliphatic carbocycles. The Bertz CT molecular complexity index is 847. The van der Waals surface area contributed by atoms with Gasteiger partial charge in [-0.25, -0.2) is 0 Å². The lowest BCUT2D eigenvalue weighted by Crippen LogP contribution is -2.21. The summed E-state index contributed by atoms with van der Waals surface area (Å²) >= 11 is 0. The number of carbonyl (C=O) groups excluding carboxylic acids is 2. The summed E-state index contributed by atoms with van der Waals surface area (Å²) in [6, 6.07) is 12.9. The molecule has 134 valence electrons. The second-order valence-corrected chi connectivity index (χ2v) is 6.65. The highest BCUT2D eigenvalue weighted by Crippen LogP contribution is 2.41. The first kappa shape index (κ1) is 16.4. The van der Waals surface area contributed by atoms with Gasteiger partial charge in [-0.3, -0.25) is 9.59 Å². The molecular formula is C20H20N2O4. The quantitative estimate of drug-likeness (QED) is 0.887. The van der Waals surface area contributed by atoms with Crippen LogP contribution in [-0.4, -0.2) is 25.0 Å². The number of carbonyl (C=O) groups is 2. The van der Waals surface area contributed by atoms with E-state index in [-0.39, 0.29) is 23.7 Å². The molecule has 0 saturated heterocycles. The van der Waals surface area contributed by atoms with E-state index in [9.17, 15) is 9.59 Å². The van der Waals surface area contributed by atoms with Crippen LogP contribution in [0.2, 0.25) is 0 Å². The van der Waals surface area contributed by atoms with E-state index in [1.54, 1.807) is 18.2 Å². The van der Waals surface area contributed by atoms with E-state index in [2.05, 4.69) is 10.6 Å². The maximum absolute atomic E-state index is 12.4. The highest BCUT2D eigenvalue weighted by molar-refractivity contribution is 6.03. The van der Waals surface area contributed by atoms with Crippen molar-refractivity contribution in [1.82, 2.24) is 0 Å². The van der Waals surface area contributed by atoms with Gasteiger partial charge in [0, 0.05) is 17.4 Å². The molecule has 6 nitrogen and oxygen atoms in total. The first-order chi connectivity index (χ1) is 12.6. The predicted octanol–water partition coefficient (Wildman–Crippen LogP) is 2.98. The summed E-state index contributed by atoms with van der Waals surface area (Å²) in [6.45, 7) is 3.01. The van der Waals surface area contributed by atoms with E-state index in [1.807, 2.05) is 31.2 Å². The molecule has 0 aromatic heterocycles. The molecule has 0 spiro atoms.